The molecule has 2 aromatic carbocycles. The zero-order valence-corrected chi connectivity index (χ0v) is 13.8. The van der Waals surface area contributed by atoms with Crippen molar-refractivity contribution in [3.8, 4) is 0 Å². The van der Waals surface area contributed by atoms with Crippen LogP contribution in [0.3, 0.4) is 0 Å². The molecule has 2 rings (SSSR count). The number of hydrogen-bond acceptors (Lipinski definition) is 2. The molecule has 0 saturated heterocycles. The highest BCUT2D eigenvalue weighted by molar-refractivity contribution is 6.47. The van der Waals surface area contributed by atoms with Gasteiger partial charge in [-0.1, -0.05) is 52.5 Å². The molecular weight excluding hydrogens is 370 g/mol. The Balaban J connectivity index is 2.11. The van der Waals surface area contributed by atoms with Gasteiger partial charge in [-0.25, -0.2) is 0 Å². The van der Waals surface area contributed by atoms with E-state index in [4.69, 9.17) is 46.4 Å². The number of benzene rings is 2. The Morgan fingerprint density at radius 1 is 0.773 bits per heavy atom. The lowest BCUT2D eigenvalue weighted by Crippen LogP contribution is -2.29. The second kappa shape index (κ2) is 7.20. The first-order chi connectivity index (χ1) is 10.4. The number of anilines is 2. The van der Waals surface area contributed by atoms with E-state index in [0.717, 1.165) is 0 Å². The maximum atomic E-state index is 11.9. The van der Waals surface area contributed by atoms with E-state index >= 15 is 0 Å². The number of carbonyl (C=O) groups excluding carboxylic acids is 2. The molecule has 4 nitrogen and oxygen atoms in total. The Hall–Kier alpha value is -1.46. The van der Waals surface area contributed by atoms with Crippen LogP contribution < -0.4 is 10.6 Å². The Kier molecular flexibility index (Phi) is 5.53. The number of carbonyl (C=O) groups is 2. The summed E-state index contributed by atoms with van der Waals surface area (Å²) in [5.74, 6) is -1.83. The van der Waals surface area contributed by atoms with Crippen LogP contribution in [0.2, 0.25) is 20.1 Å². The topological polar surface area (TPSA) is 58.2 Å². The standard InChI is InChI=1S/C14H8Cl4N2O2/c15-7-4-5-8(16)11(6-7)20-14(22)13(21)19-10-3-1-2-9(17)12(10)18/h1-6H,(H,19,21)(H,20,22). The van der Waals surface area contributed by atoms with Gasteiger partial charge in [0, 0.05) is 5.02 Å². The molecule has 0 saturated carbocycles. The van der Waals surface area contributed by atoms with Gasteiger partial charge in [-0.15, -0.1) is 0 Å². The molecule has 0 aliphatic rings. The van der Waals surface area contributed by atoms with Gasteiger partial charge in [0.15, 0.2) is 0 Å². The van der Waals surface area contributed by atoms with Crippen molar-refractivity contribution >= 4 is 69.6 Å². The highest BCUT2D eigenvalue weighted by Crippen LogP contribution is 2.29. The summed E-state index contributed by atoms with van der Waals surface area (Å²) in [5, 5.41) is 5.76. The molecular formula is C14H8Cl4N2O2. The summed E-state index contributed by atoms with van der Waals surface area (Å²) in [6.07, 6.45) is 0. The summed E-state index contributed by atoms with van der Waals surface area (Å²) < 4.78 is 0. The fourth-order valence-corrected chi connectivity index (χ4v) is 2.24. The van der Waals surface area contributed by atoms with Gasteiger partial charge < -0.3 is 10.6 Å². The summed E-state index contributed by atoms with van der Waals surface area (Å²) in [6, 6.07) is 9.17. The molecule has 0 spiro atoms. The van der Waals surface area contributed by atoms with E-state index in [2.05, 4.69) is 10.6 Å². The Morgan fingerprint density at radius 2 is 1.41 bits per heavy atom. The van der Waals surface area contributed by atoms with Gasteiger partial charge in [-0.3, -0.25) is 9.59 Å². The maximum Gasteiger partial charge on any atom is 0.314 e. The van der Waals surface area contributed by atoms with Crippen molar-refractivity contribution < 1.29 is 9.59 Å². The minimum atomic E-state index is -0.916. The summed E-state index contributed by atoms with van der Waals surface area (Å²) in [4.78, 5) is 23.8. The number of halogens is 4. The Morgan fingerprint density at radius 3 is 2.09 bits per heavy atom. The zero-order chi connectivity index (χ0) is 16.3. The fourth-order valence-electron chi connectivity index (χ4n) is 1.55. The number of amides is 2. The van der Waals surface area contributed by atoms with Crippen molar-refractivity contribution in [2.75, 3.05) is 10.6 Å². The van der Waals surface area contributed by atoms with Crippen molar-refractivity contribution in [1.29, 1.82) is 0 Å². The molecule has 0 fully saturated rings. The van der Waals surface area contributed by atoms with Gasteiger partial charge in [0.25, 0.3) is 0 Å². The largest absolute Gasteiger partial charge is 0.316 e. The predicted octanol–water partition coefficient (Wildman–Crippen LogP) is 4.88. The first-order valence-electron chi connectivity index (χ1n) is 5.90. The third-order valence-corrected chi connectivity index (χ3v) is 3.97. The second-order valence-electron chi connectivity index (χ2n) is 4.13. The van der Waals surface area contributed by atoms with Crippen molar-refractivity contribution in [1.82, 2.24) is 0 Å². The molecule has 2 amide bonds. The van der Waals surface area contributed by atoms with E-state index in [0.29, 0.717) is 5.02 Å². The maximum absolute atomic E-state index is 11.9. The number of nitrogens with one attached hydrogen (secondary N) is 2. The van der Waals surface area contributed by atoms with Crippen LogP contribution in [0.5, 0.6) is 0 Å². The average molecular weight is 378 g/mol. The quantitative estimate of drug-likeness (QED) is 0.733. The molecule has 0 unspecified atom stereocenters. The molecule has 22 heavy (non-hydrogen) atoms. The molecule has 2 aromatic rings. The van der Waals surface area contributed by atoms with Crippen molar-refractivity contribution in [2.45, 2.75) is 0 Å². The first-order valence-corrected chi connectivity index (χ1v) is 7.41. The minimum Gasteiger partial charge on any atom is -0.316 e. The molecule has 8 heteroatoms. The third kappa shape index (κ3) is 4.05. The lowest BCUT2D eigenvalue weighted by molar-refractivity contribution is -0.132. The second-order valence-corrected chi connectivity index (χ2v) is 5.76. The normalized spacial score (nSPS) is 10.2. The predicted molar refractivity (Wildman–Crippen MR) is 90.2 cm³/mol. The summed E-state index contributed by atoms with van der Waals surface area (Å²) in [6.45, 7) is 0. The van der Waals surface area contributed by atoms with Crippen LogP contribution >= 0.6 is 46.4 Å². The molecule has 114 valence electrons. The van der Waals surface area contributed by atoms with E-state index in [9.17, 15) is 9.59 Å². The van der Waals surface area contributed by atoms with Gasteiger partial charge >= 0.3 is 11.8 Å². The molecule has 0 bridgehead atoms. The summed E-state index contributed by atoms with van der Waals surface area (Å²) in [5.41, 5.74) is 0.456. The Labute approximate surface area is 146 Å². The molecule has 0 aromatic heterocycles. The molecule has 0 radical (unpaired) electrons. The van der Waals surface area contributed by atoms with Crippen molar-refractivity contribution in [3.05, 3.63) is 56.5 Å². The van der Waals surface area contributed by atoms with Crippen LogP contribution in [0.25, 0.3) is 0 Å². The SMILES string of the molecule is O=C(Nc1cc(Cl)ccc1Cl)C(=O)Nc1cccc(Cl)c1Cl. The monoisotopic (exact) mass is 376 g/mol. The highest BCUT2D eigenvalue weighted by Gasteiger charge is 2.17. The van der Waals surface area contributed by atoms with Crippen LogP contribution in [-0.2, 0) is 9.59 Å². The van der Waals surface area contributed by atoms with E-state index in [1.165, 1.54) is 18.2 Å². The lowest BCUT2D eigenvalue weighted by atomic mass is 10.3. The third-order valence-electron chi connectivity index (χ3n) is 2.58. The molecule has 0 aliphatic carbocycles. The van der Waals surface area contributed by atoms with Gasteiger partial charge in [0.2, 0.25) is 0 Å². The highest BCUT2D eigenvalue weighted by atomic mass is 35.5. The van der Waals surface area contributed by atoms with E-state index in [-0.39, 0.29) is 26.4 Å². The van der Waals surface area contributed by atoms with Crippen molar-refractivity contribution in [3.63, 3.8) is 0 Å². The van der Waals surface area contributed by atoms with Crippen LogP contribution in [0.4, 0.5) is 11.4 Å². The molecule has 0 atom stereocenters. The van der Waals surface area contributed by atoms with Gasteiger partial charge in [0.1, 0.15) is 0 Å². The summed E-state index contributed by atoms with van der Waals surface area (Å²) >= 11 is 23.5. The van der Waals surface area contributed by atoms with E-state index < -0.39 is 11.8 Å². The summed E-state index contributed by atoms with van der Waals surface area (Å²) in [7, 11) is 0. The smallest absolute Gasteiger partial charge is 0.314 e. The van der Waals surface area contributed by atoms with Crippen molar-refractivity contribution in [2.24, 2.45) is 0 Å². The van der Waals surface area contributed by atoms with E-state index in [1.807, 2.05) is 0 Å². The van der Waals surface area contributed by atoms with Crippen LogP contribution in [0.1, 0.15) is 0 Å². The van der Waals surface area contributed by atoms with Gasteiger partial charge in [-0.2, -0.15) is 0 Å². The zero-order valence-electron chi connectivity index (χ0n) is 10.8. The van der Waals surface area contributed by atoms with Crippen LogP contribution in [0.15, 0.2) is 36.4 Å². The average Bonchev–Trinajstić information content (AvgIpc) is 2.47. The molecule has 2 N–H and O–H groups in total. The number of rotatable bonds is 2. The van der Waals surface area contributed by atoms with Crippen LogP contribution in [0, 0.1) is 0 Å². The first kappa shape index (κ1) is 16.9. The van der Waals surface area contributed by atoms with Gasteiger partial charge in [0.05, 0.1) is 26.4 Å². The van der Waals surface area contributed by atoms with Crippen LogP contribution in [-0.4, -0.2) is 11.8 Å². The molecule has 0 heterocycles. The molecule has 0 aliphatic heterocycles. The fraction of sp³-hybridized carbons (Fsp3) is 0. The van der Waals surface area contributed by atoms with E-state index in [1.54, 1.807) is 18.2 Å². The number of hydrogen-bond donors (Lipinski definition) is 2. The Bertz CT molecular complexity index is 736. The lowest BCUT2D eigenvalue weighted by Gasteiger charge is -2.09. The van der Waals surface area contributed by atoms with Gasteiger partial charge in [-0.05, 0) is 30.3 Å². The minimum absolute atomic E-state index is 0.145.